The molecule has 126 valence electrons. The number of benzene rings is 2. The Bertz CT molecular complexity index is 764. The Balaban J connectivity index is 1.62. The summed E-state index contributed by atoms with van der Waals surface area (Å²) in [4.78, 5) is 12.2. The predicted molar refractivity (Wildman–Crippen MR) is 93.8 cm³/mol. The summed E-state index contributed by atoms with van der Waals surface area (Å²) in [5.41, 5.74) is 2.38. The number of rotatable bonds is 5. The van der Waals surface area contributed by atoms with E-state index in [9.17, 15) is 9.90 Å². The normalized spacial score (nSPS) is 14.0. The van der Waals surface area contributed by atoms with E-state index < -0.39 is 6.10 Å². The summed E-state index contributed by atoms with van der Waals surface area (Å²) in [5.74, 6) is 0.544. The molecule has 2 aromatic rings. The van der Waals surface area contributed by atoms with Crippen LogP contribution >= 0.6 is 23.2 Å². The second-order valence-electron chi connectivity index (χ2n) is 5.67. The Hall–Kier alpha value is -1.75. The zero-order chi connectivity index (χ0) is 17.1. The third-order valence-electron chi connectivity index (χ3n) is 3.93. The first-order valence-corrected chi connectivity index (χ1v) is 8.43. The van der Waals surface area contributed by atoms with Crippen LogP contribution in [0.2, 0.25) is 10.0 Å². The van der Waals surface area contributed by atoms with Crippen LogP contribution in [0.4, 0.5) is 0 Å². The summed E-state index contributed by atoms with van der Waals surface area (Å²) in [6.07, 6.45) is 0.0948. The molecule has 1 atom stereocenters. The summed E-state index contributed by atoms with van der Waals surface area (Å²) in [7, 11) is 0. The molecule has 6 heteroatoms. The number of carbonyl (C=O) groups is 1. The molecule has 2 aromatic carbocycles. The van der Waals surface area contributed by atoms with Gasteiger partial charge in [0.2, 0.25) is 5.91 Å². The van der Waals surface area contributed by atoms with Crippen molar-refractivity contribution in [2.45, 2.75) is 18.9 Å². The van der Waals surface area contributed by atoms with Gasteiger partial charge in [0.05, 0.1) is 19.1 Å². The molecule has 0 saturated heterocycles. The monoisotopic (exact) mass is 365 g/mol. The molecule has 1 unspecified atom stereocenters. The van der Waals surface area contributed by atoms with E-state index in [0.717, 1.165) is 23.3 Å². The maximum atomic E-state index is 12.2. The zero-order valence-electron chi connectivity index (χ0n) is 12.9. The van der Waals surface area contributed by atoms with Gasteiger partial charge >= 0.3 is 0 Å². The van der Waals surface area contributed by atoms with E-state index in [4.69, 9.17) is 27.9 Å². The molecule has 0 radical (unpaired) electrons. The van der Waals surface area contributed by atoms with Crippen molar-refractivity contribution in [3.63, 3.8) is 0 Å². The van der Waals surface area contributed by atoms with Gasteiger partial charge in [-0.3, -0.25) is 4.79 Å². The average Bonchev–Trinajstić information content (AvgIpc) is 3.01. The SMILES string of the molecule is O=C(Cc1cc(Cl)cc2c1OCC2)NCC(O)c1ccccc1Cl. The van der Waals surface area contributed by atoms with Crippen LogP contribution in [0, 0.1) is 0 Å². The van der Waals surface area contributed by atoms with Gasteiger partial charge in [-0.15, -0.1) is 0 Å². The van der Waals surface area contributed by atoms with Gasteiger partial charge in [0.25, 0.3) is 0 Å². The summed E-state index contributed by atoms with van der Waals surface area (Å²) in [6, 6.07) is 10.6. The summed E-state index contributed by atoms with van der Waals surface area (Å²) >= 11 is 12.1. The van der Waals surface area contributed by atoms with Crippen molar-refractivity contribution in [3.05, 3.63) is 63.1 Å². The first-order valence-electron chi connectivity index (χ1n) is 7.68. The van der Waals surface area contributed by atoms with E-state index in [1.54, 1.807) is 30.3 Å². The highest BCUT2D eigenvalue weighted by atomic mass is 35.5. The minimum absolute atomic E-state index is 0.0895. The predicted octanol–water partition coefficient (Wildman–Crippen LogP) is 3.32. The molecule has 1 amide bonds. The number of ether oxygens (including phenoxy) is 1. The van der Waals surface area contributed by atoms with Gasteiger partial charge in [0.15, 0.2) is 0 Å². The van der Waals surface area contributed by atoms with Gasteiger partial charge in [-0.2, -0.15) is 0 Å². The van der Waals surface area contributed by atoms with Crippen molar-refractivity contribution in [3.8, 4) is 5.75 Å². The fraction of sp³-hybridized carbons (Fsp3) is 0.278. The van der Waals surface area contributed by atoms with Crippen molar-refractivity contribution in [2.24, 2.45) is 0 Å². The summed E-state index contributed by atoms with van der Waals surface area (Å²) in [6.45, 7) is 0.696. The van der Waals surface area contributed by atoms with Crippen LogP contribution in [0.25, 0.3) is 0 Å². The van der Waals surface area contributed by atoms with Crippen LogP contribution < -0.4 is 10.1 Å². The van der Waals surface area contributed by atoms with E-state index >= 15 is 0 Å². The zero-order valence-corrected chi connectivity index (χ0v) is 14.4. The maximum Gasteiger partial charge on any atom is 0.224 e. The molecule has 0 fully saturated rings. The van der Waals surface area contributed by atoms with E-state index in [0.29, 0.717) is 22.2 Å². The number of halogens is 2. The molecule has 0 bridgehead atoms. The Morgan fingerprint density at radius 2 is 2.08 bits per heavy atom. The van der Waals surface area contributed by atoms with Crippen molar-refractivity contribution >= 4 is 29.1 Å². The maximum absolute atomic E-state index is 12.2. The average molecular weight is 366 g/mol. The molecule has 3 rings (SSSR count). The summed E-state index contributed by atoms with van der Waals surface area (Å²) in [5, 5.41) is 14.0. The Labute approximate surface area is 150 Å². The molecule has 0 aromatic heterocycles. The molecule has 0 aliphatic carbocycles. The lowest BCUT2D eigenvalue weighted by atomic mass is 10.0. The third kappa shape index (κ3) is 3.83. The lowest BCUT2D eigenvalue weighted by Crippen LogP contribution is -2.29. The van der Waals surface area contributed by atoms with Crippen molar-refractivity contribution < 1.29 is 14.6 Å². The van der Waals surface area contributed by atoms with E-state index in [2.05, 4.69) is 5.32 Å². The van der Waals surface area contributed by atoms with Gasteiger partial charge < -0.3 is 15.2 Å². The van der Waals surface area contributed by atoms with Crippen LogP contribution in [-0.2, 0) is 17.6 Å². The molecule has 1 aliphatic rings. The van der Waals surface area contributed by atoms with E-state index in [1.165, 1.54) is 0 Å². The molecule has 4 nitrogen and oxygen atoms in total. The lowest BCUT2D eigenvalue weighted by Gasteiger charge is -2.14. The summed E-state index contributed by atoms with van der Waals surface area (Å²) < 4.78 is 5.59. The molecular formula is C18H17Cl2NO3. The fourth-order valence-corrected chi connectivity index (χ4v) is 3.30. The van der Waals surface area contributed by atoms with Crippen LogP contribution in [0.5, 0.6) is 5.75 Å². The van der Waals surface area contributed by atoms with Crippen molar-refractivity contribution in [2.75, 3.05) is 13.2 Å². The van der Waals surface area contributed by atoms with Crippen LogP contribution in [0.3, 0.4) is 0 Å². The van der Waals surface area contributed by atoms with Gasteiger partial charge in [-0.05, 0) is 23.8 Å². The molecule has 1 aliphatic heterocycles. The minimum atomic E-state index is -0.857. The van der Waals surface area contributed by atoms with Gasteiger partial charge in [0.1, 0.15) is 5.75 Å². The molecular weight excluding hydrogens is 349 g/mol. The molecule has 2 N–H and O–H groups in total. The number of amides is 1. The van der Waals surface area contributed by atoms with Crippen molar-refractivity contribution in [1.29, 1.82) is 0 Å². The highest BCUT2D eigenvalue weighted by Crippen LogP contribution is 2.33. The van der Waals surface area contributed by atoms with Gasteiger partial charge in [0, 0.05) is 34.1 Å². The highest BCUT2D eigenvalue weighted by Gasteiger charge is 2.20. The Morgan fingerprint density at radius 1 is 1.29 bits per heavy atom. The van der Waals surface area contributed by atoms with E-state index in [-0.39, 0.29) is 18.9 Å². The molecule has 0 spiro atoms. The highest BCUT2D eigenvalue weighted by molar-refractivity contribution is 6.31. The fourth-order valence-electron chi connectivity index (χ4n) is 2.78. The van der Waals surface area contributed by atoms with Crippen molar-refractivity contribution in [1.82, 2.24) is 5.32 Å². The van der Waals surface area contributed by atoms with Gasteiger partial charge in [-0.1, -0.05) is 41.4 Å². The molecule has 1 heterocycles. The first-order chi connectivity index (χ1) is 11.5. The van der Waals surface area contributed by atoms with Crippen LogP contribution in [0.15, 0.2) is 36.4 Å². The second kappa shape index (κ2) is 7.43. The number of fused-ring (bicyclic) bond motifs is 1. The third-order valence-corrected chi connectivity index (χ3v) is 4.50. The number of hydrogen-bond donors (Lipinski definition) is 2. The first kappa shape index (κ1) is 17.1. The topological polar surface area (TPSA) is 58.6 Å². The van der Waals surface area contributed by atoms with E-state index in [1.807, 2.05) is 6.07 Å². The quantitative estimate of drug-likeness (QED) is 0.854. The van der Waals surface area contributed by atoms with Gasteiger partial charge in [-0.25, -0.2) is 0 Å². The van der Waals surface area contributed by atoms with Crippen LogP contribution in [-0.4, -0.2) is 24.2 Å². The Kier molecular flexibility index (Phi) is 5.29. The number of aliphatic hydroxyl groups excluding tert-OH is 1. The molecule has 0 saturated carbocycles. The largest absolute Gasteiger partial charge is 0.493 e. The Morgan fingerprint density at radius 3 is 2.88 bits per heavy atom. The number of aliphatic hydroxyl groups is 1. The standard InChI is InChI=1S/C18H17Cl2NO3/c19-13-7-11-5-6-24-18(11)12(8-13)9-17(23)21-10-16(22)14-3-1-2-4-15(14)20/h1-4,7-8,16,22H,5-6,9-10H2,(H,21,23). The number of hydrogen-bond acceptors (Lipinski definition) is 3. The smallest absolute Gasteiger partial charge is 0.224 e. The second-order valence-corrected chi connectivity index (χ2v) is 6.51. The number of nitrogens with one attached hydrogen (secondary N) is 1. The lowest BCUT2D eigenvalue weighted by molar-refractivity contribution is -0.120. The minimum Gasteiger partial charge on any atom is -0.493 e. The molecule has 24 heavy (non-hydrogen) atoms. The van der Waals surface area contributed by atoms with Crippen LogP contribution in [0.1, 0.15) is 22.8 Å². The number of carbonyl (C=O) groups excluding carboxylic acids is 1.